The van der Waals surface area contributed by atoms with Crippen molar-refractivity contribution in [2.45, 2.75) is 40.7 Å². The maximum Gasteiger partial charge on any atom is 0.302 e. The molecular weight excluding hydrogens is 426 g/mol. The van der Waals surface area contributed by atoms with Crippen LogP contribution in [0.1, 0.15) is 34.1 Å². The van der Waals surface area contributed by atoms with E-state index in [1.807, 2.05) is 0 Å². The summed E-state index contributed by atoms with van der Waals surface area (Å²) < 4.78 is 17.0. The van der Waals surface area contributed by atoms with Crippen LogP contribution in [0.5, 0.6) is 5.88 Å². The lowest BCUT2D eigenvalue weighted by Crippen LogP contribution is -2.40. The van der Waals surface area contributed by atoms with Gasteiger partial charge in [-0.1, -0.05) is 0 Å². The molecule has 0 fully saturated rings. The van der Waals surface area contributed by atoms with Crippen LogP contribution in [0, 0.1) is 5.41 Å². The Labute approximate surface area is 183 Å². The van der Waals surface area contributed by atoms with E-state index in [1.54, 1.807) is 4.57 Å². The molecule has 2 rings (SSSR count). The van der Waals surface area contributed by atoms with Crippen LogP contribution in [0.25, 0.3) is 11.2 Å². The van der Waals surface area contributed by atoms with Crippen molar-refractivity contribution in [1.29, 1.82) is 0 Å². The Balaban J connectivity index is 2.34. The fourth-order valence-electron chi connectivity index (χ4n) is 2.77. The number of rotatable bonds is 10. The Morgan fingerprint density at radius 3 is 1.97 bits per heavy atom. The fourth-order valence-corrected chi connectivity index (χ4v) is 2.77. The lowest BCUT2D eigenvalue weighted by molar-refractivity contribution is -0.160. The maximum absolute atomic E-state index is 11.4. The number of fused-ring (bicyclic) bond motifs is 1. The van der Waals surface area contributed by atoms with Gasteiger partial charge in [-0.05, 0) is 6.42 Å². The number of imidazole rings is 1. The normalized spacial score (nSPS) is 11.1. The summed E-state index contributed by atoms with van der Waals surface area (Å²) in [7, 11) is 0. The molecule has 0 spiro atoms. The van der Waals surface area contributed by atoms with Gasteiger partial charge in [0.05, 0.1) is 11.7 Å². The number of aromatic hydroxyl groups is 1. The summed E-state index contributed by atoms with van der Waals surface area (Å²) in [4.78, 5) is 57.6. The van der Waals surface area contributed by atoms with Crippen molar-refractivity contribution in [2.75, 3.05) is 25.1 Å². The first-order chi connectivity index (χ1) is 15.0. The molecule has 2 aromatic rings. The third kappa shape index (κ3) is 6.89. The molecule has 0 unspecified atom stereocenters. The van der Waals surface area contributed by atoms with E-state index in [2.05, 4.69) is 20.3 Å². The standard InChI is InChI=1S/C19H25N5O8/c1-11(25)21-18-22-16-15(17(29)23-18)20-10-24(16)6-5-19(7-30-12(2)26,8-31-13(3)27)9-32-14(4)28/h10H,5-9H2,1-4H3,(H2,21,22,23,25,29). The average Bonchev–Trinajstić information content (AvgIpc) is 3.09. The van der Waals surface area contributed by atoms with Crippen molar-refractivity contribution in [3.63, 3.8) is 0 Å². The number of ether oxygens (including phenoxy) is 3. The van der Waals surface area contributed by atoms with E-state index < -0.39 is 35.1 Å². The number of anilines is 1. The highest BCUT2D eigenvalue weighted by molar-refractivity contribution is 5.88. The zero-order valence-electron chi connectivity index (χ0n) is 18.2. The van der Waals surface area contributed by atoms with Gasteiger partial charge in [-0.25, -0.2) is 4.98 Å². The monoisotopic (exact) mass is 451 g/mol. The van der Waals surface area contributed by atoms with Crippen LogP contribution in [-0.4, -0.2) is 68.3 Å². The van der Waals surface area contributed by atoms with Crippen LogP contribution in [0.15, 0.2) is 6.33 Å². The Bertz CT molecular complexity index is 973. The van der Waals surface area contributed by atoms with Gasteiger partial charge in [-0.15, -0.1) is 0 Å². The number of hydrogen-bond acceptors (Lipinski definition) is 11. The van der Waals surface area contributed by atoms with Gasteiger partial charge in [-0.2, -0.15) is 9.97 Å². The number of carbonyl (C=O) groups is 4. The molecule has 13 nitrogen and oxygen atoms in total. The molecule has 0 saturated heterocycles. The van der Waals surface area contributed by atoms with Crippen molar-refractivity contribution in [1.82, 2.24) is 19.5 Å². The van der Waals surface area contributed by atoms with Crippen molar-refractivity contribution in [3.05, 3.63) is 6.33 Å². The molecule has 0 atom stereocenters. The third-order valence-corrected chi connectivity index (χ3v) is 4.36. The van der Waals surface area contributed by atoms with Crippen LogP contribution in [0.3, 0.4) is 0 Å². The van der Waals surface area contributed by atoms with Crippen molar-refractivity contribution >= 4 is 40.9 Å². The molecule has 2 heterocycles. The molecule has 0 aromatic carbocycles. The Morgan fingerprint density at radius 1 is 0.969 bits per heavy atom. The number of aromatic nitrogens is 4. The second kappa shape index (κ2) is 10.5. The Morgan fingerprint density at radius 2 is 1.50 bits per heavy atom. The number of esters is 3. The van der Waals surface area contributed by atoms with Gasteiger partial charge < -0.3 is 23.9 Å². The molecular formula is C19H25N5O8. The molecule has 2 N–H and O–H groups in total. The van der Waals surface area contributed by atoms with Crippen LogP contribution in [-0.2, 0) is 39.9 Å². The molecule has 32 heavy (non-hydrogen) atoms. The largest absolute Gasteiger partial charge is 0.492 e. The summed E-state index contributed by atoms with van der Waals surface area (Å²) >= 11 is 0. The smallest absolute Gasteiger partial charge is 0.302 e. The molecule has 13 heteroatoms. The van der Waals surface area contributed by atoms with Gasteiger partial charge in [-0.3, -0.25) is 24.5 Å². The molecule has 0 saturated carbocycles. The van der Waals surface area contributed by atoms with E-state index in [4.69, 9.17) is 14.2 Å². The van der Waals surface area contributed by atoms with E-state index in [0.717, 1.165) is 0 Å². The first-order valence-electron chi connectivity index (χ1n) is 9.61. The third-order valence-electron chi connectivity index (χ3n) is 4.36. The molecule has 0 radical (unpaired) electrons. The first-order valence-corrected chi connectivity index (χ1v) is 9.61. The summed E-state index contributed by atoms with van der Waals surface area (Å²) in [6.07, 6.45) is 1.62. The second-order valence-electron chi connectivity index (χ2n) is 7.25. The zero-order valence-corrected chi connectivity index (χ0v) is 18.2. The van der Waals surface area contributed by atoms with Crippen molar-refractivity contribution in [2.24, 2.45) is 5.41 Å². The summed E-state index contributed by atoms with van der Waals surface area (Å²) in [5.41, 5.74) is -0.693. The number of nitrogens with one attached hydrogen (secondary N) is 1. The molecule has 0 aliphatic rings. The van der Waals surface area contributed by atoms with Gasteiger partial charge in [0.15, 0.2) is 11.2 Å². The number of amides is 1. The average molecular weight is 451 g/mol. The van der Waals surface area contributed by atoms with Crippen LogP contribution >= 0.6 is 0 Å². The second-order valence-corrected chi connectivity index (χ2v) is 7.25. The highest BCUT2D eigenvalue weighted by Gasteiger charge is 2.35. The molecule has 0 aliphatic heterocycles. The summed E-state index contributed by atoms with van der Waals surface area (Å²) in [5, 5.41) is 12.5. The maximum atomic E-state index is 11.4. The Hall–Kier alpha value is -3.77. The summed E-state index contributed by atoms with van der Waals surface area (Å²) in [5.74, 6) is -2.58. The van der Waals surface area contributed by atoms with Crippen LogP contribution in [0.2, 0.25) is 0 Å². The van der Waals surface area contributed by atoms with E-state index in [9.17, 15) is 24.3 Å². The van der Waals surface area contributed by atoms with Crippen molar-refractivity contribution < 1.29 is 38.5 Å². The van der Waals surface area contributed by atoms with Crippen LogP contribution < -0.4 is 5.32 Å². The van der Waals surface area contributed by atoms with Gasteiger partial charge in [0, 0.05) is 34.2 Å². The first kappa shape index (κ1) is 24.5. The lowest BCUT2D eigenvalue weighted by atomic mass is 9.86. The SMILES string of the molecule is CC(=O)Nc1nc(O)c2ncn(CCC(COC(C)=O)(COC(C)=O)COC(C)=O)c2n1. The van der Waals surface area contributed by atoms with Crippen LogP contribution in [0.4, 0.5) is 5.95 Å². The number of carbonyl (C=O) groups excluding carboxylic acids is 4. The minimum Gasteiger partial charge on any atom is -0.492 e. The van der Waals surface area contributed by atoms with E-state index in [-0.39, 0.29) is 49.9 Å². The van der Waals surface area contributed by atoms with E-state index in [0.29, 0.717) is 0 Å². The molecule has 174 valence electrons. The van der Waals surface area contributed by atoms with Gasteiger partial charge in [0.1, 0.15) is 19.8 Å². The zero-order chi connectivity index (χ0) is 23.9. The number of aryl methyl sites for hydroxylation is 1. The topological polar surface area (TPSA) is 172 Å². The van der Waals surface area contributed by atoms with Crippen molar-refractivity contribution in [3.8, 4) is 5.88 Å². The summed E-state index contributed by atoms with van der Waals surface area (Å²) in [6.45, 7) is 4.65. The molecule has 0 aliphatic carbocycles. The molecule has 0 bridgehead atoms. The highest BCUT2D eigenvalue weighted by Crippen LogP contribution is 2.28. The fraction of sp³-hybridized carbons (Fsp3) is 0.526. The lowest BCUT2D eigenvalue weighted by Gasteiger charge is -2.32. The van der Waals surface area contributed by atoms with Gasteiger partial charge in [0.2, 0.25) is 17.7 Å². The number of nitrogens with zero attached hydrogens (tertiary/aromatic N) is 4. The minimum atomic E-state index is -1.05. The predicted octanol–water partition coefficient (Wildman–Crippen LogP) is 0.556. The Kier molecular flexibility index (Phi) is 8.04. The molecule has 2 aromatic heterocycles. The number of hydrogen-bond donors (Lipinski definition) is 2. The highest BCUT2D eigenvalue weighted by atomic mass is 16.6. The van der Waals surface area contributed by atoms with Gasteiger partial charge >= 0.3 is 17.9 Å². The van der Waals surface area contributed by atoms with Gasteiger partial charge in [0.25, 0.3) is 0 Å². The summed E-state index contributed by atoms with van der Waals surface area (Å²) in [6, 6.07) is 0. The molecule has 1 amide bonds. The predicted molar refractivity (Wildman–Crippen MR) is 108 cm³/mol. The van der Waals surface area contributed by atoms with E-state index in [1.165, 1.54) is 34.0 Å². The minimum absolute atomic E-state index is 0.102. The van der Waals surface area contributed by atoms with E-state index >= 15 is 0 Å². The quantitative estimate of drug-likeness (QED) is 0.382.